The molecule has 1 unspecified atom stereocenters. The number of carbonyl (C=O) groups excluding carboxylic acids is 2. The van der Waals surface area contributed by atoms with Gasteiger partial charge in [-0.2, -0.15) is 13.2 Å². The first-order valence-corrected chi connectivity index (χ1v) is 9.16. The number of anilines is 1. The van der Waals surface area contributed by atoms with Gasteiger partial charge in [-0.1, -0.05) is 24.3 Å². The molecule has 1 saturated heterocycles. The lowest BCUT2D eigenvalue weighted by Crippen LogP contribution is -2.40. The molecule has 4 rings (SSSR count). The molecule has 7 heteroatoms. The summed E-state index contributed by atoms with van der Waals surface area (Å²) in [6.45, 7) is 1.34. The van der Waals surface area contributed by atoms with Gasteiger partial charge in [-0.25, -0.2) is 0 Å². The van der Waals surface area contributed by atoms with Crippen molar-refractivity contribution in [2.75, 3.05) is 18.0 Å². The topological polar surface area (TPSA) is 40.6 Å². The van der Waals surface area contributed by atoms with Crippen LogP contribution in [0.2, 0.25) is 0 Å². The lowest BCUT2D eigenvalue weighted by atomic mass is 9.98. The van der Waals surface area contributed by atoms with E-state index >= 15 is 0 Å². The fraction of sp³-hybridized carbons (Fsp3) is 0.333. The van der Waals surface area contributed by atoms with Crippen LogP contribution in [-0.4, -0.2) is 29.8 Å². The zero-order valence-electron chi connectivity index (χ0n) is 15.1. The fourth-order valence-electron chi connectivity index (χ4n) is 3.89. The van der Waals surface area contributed by atoms with E-state index in [-0.39, 0.29) is 24.8 Å². The molecule has 0 bridgehead atoms. The lowest BCUT2D eigenvalue weighted by molar-refractivity contribution is -0.137. The fourth-order valence-corrected chi connectivity index (χ4v) is 3.89. The Labute approximate surface area is 160 Å². The molecule has 0 saturated carbocycles. The maximum atomic E-state index is 12.9. The largest absolute Gasteiger partial charge is 0.416 e. The molecule has 2 aliphatic heterocycles. The second-order valence-electron chi connectivity index (χ2n) is 7.23. The summed E-state index contributed by atoms with van der Waals surface area (Å²) in [6.07, 6.45) is -3.56. The minimum Gasteiger partial charge on any atom is -0.338 e. The molecule has 2 aromatic carbocycles. The van der Waals surface area contributed by atoms with E-state index in [1.807, 2.05) is 18.2 Å². The molecule has 0 N–H and O–H groups in total. The third-order valence-electron chi connectivity index (χ3n) is 5.42. The van der Waals surface area contributed by atoms with Gasteiger partial charge in [0.15, 0.2) is 0 Å². The van der Waals surface area contributed by atoms with E-state index in [1.165, 1.54) is 22.6 Å². The zero-order chi connectivity index (χ0) is 19.9. The lowest BCUT2D eigenvalue weighted by Gasteiger charge is -2.30. The Bertz CT molecular complexity index is 909. The molecule has 0 aliphatic carbocycles. The van der Waals surface area contributed by atoms with Crippen molar-refractivity contribution in [2.45, 2.75) is 25.6 Å². The van der Waals surface area contributed by atoms with Crippen LogP contribution in [0.4, 0.5) is 18.9 Å². The highest BCUT2D eigenvalue weighted by atomic mass is 19.4. The van der Waals surface area contributed by atoms with Crippen molar-refractivity contribution in [3.8, 4) is 0 Å². The van der Waals surface area contributed by atoms with E-state index < -0.39 is 17.7 Å². The number of carbonyl (C=O) groups is 2. The van der Waals surface area contributed by atoms with Gasteiger partial charge in [-0.05, 0) is 41.8 Å². The van der Waals surface area contributed by atoms with Gasteiger partial charge in [0.05, 0.1) is 11.5 Å². The van der Waals surface area contributed by atoms with Crippen molar-refractivity contribution in [2.24, 2.45) is 5.92 Å². The standard InChI is InChI=1S/C21H19F3N2O2/c22-21(23,24)17-5-7-18(8-6-17)26-13-16(11-19(26)27)20(28)25-10-9-14-3-1-2-4-15(14)12-25/h1-8,16H,9-13H2. The molecule has 2 heterocycles. The van der Waals surface area contributed by atoms with E-state index in [0.717, 1.165) is 24.1 Å². The zero-order valence-corrected chi connectivity index (χ0v) is 15.1. The average molecular weight is 388 g/mol. The van der Waals surface area contributed by atoms with Crippen LogP contribution in [0.5, 0.6) is 0 Å². The first-order chi connectivity index (χ1) is 13.3. The summed E-state index contributed by atoms with van der Waals surface area (Å²) in [5, 5.41) is 0. The van der Waals surface area contributed by atoms with Gasteiger partial charge in [-0.3, -0.25) is 9.59 Å². The quantitative estimate of drug-likeness (QED) is 0.788. The molecule has 2 amide bonds. The molecule has 0 spiro atoms. The number of hydrogen-bond acceptors (Lipinski definition) is 2. The molecule has 28 heavy (non-hydrogen) atoms. The van der Waals surface area contributed by atoms with Gasteiger partial charge in [0, 0.05) is 31.7 Å². The van der Waals surface area contributed by atoms with Crippen LogP contribution in [-0.2, 0) is 28.7 Å². The highest BCUT2D eigenvalue weighted by Crippen LogP contribution is 2.33. The molecular formula is C21H19F3N2O2. The maximum absolute atomic E-state index is 12.9. The van der Waals surface area contributed by atoms with Crippen LogP contribution in [0.1, 0.15) is 23.1 Å². The number of hydrogen-bond donors (Lipinski definition) is 0. The van der Waals surface area contributed by atoms with Crippen LogP contribution in [0.3, 0.4) is 0 Å². The third kappa shape index (κ3) is 3.48. The molecule has 2 aliphatic rings. The van der Waals surface area contributed by atoms with Gasteiger partial charge >= 0.3 is 6.18 Å². The smallest absolute Gasteiger partial charge is 0.338 e. The molecule has 1 fully saturated rings. The molecule has 0 radical (unpaired) electrons. The van der Waals surface area contributed by atoms with Gasteiger partial charge < -0.3 is 9.80 Å². The summed E-state index contributed by atoms with van der Waals surface area (Å²) >= 11 is 0. The Morgan fingerprint density at radius 3 is 2.36 bits per heavy atom. The first kappa shape index (κ1) is 18.5. The number of benzene rings is 2. The Morgan fingerprint density at radius 2 is 1.68 bits per heavy atom. The molecule has 1 atom stereocenters. The summed E-state index contributed by atoms with van der Waals surface area (Å²) in [4.78, 5) is 28.5. The second kappa shape index (κ2) is 6.96. The van der Waals surface area contributed by atoms with E-state index in [2.05, 4.69) is 6.07 Å². The molecule has 4 nitrogen and oxygen atoms in total. The minimum atomic E-state index is -4.42. The van der Waals surface area contributed by atoms with Crippen molar-refractivity contribution in [3.63, 3.8) is 0 Å². The first-order valence-electron chi connectivity index (χ1n) is 9.16. The SMILES string of the molecule is O=C(C1CC(=O)N(c2ccc(C(F)(F)F)cc2)C1)N1CCc2ccccc2C1. The predicted octanol–water partition coefficient (Wildman–Crippen LogP) is 3.64. The van der Waals surface area contributed by atoms with Crippen LogP contribution in [0, 0.1) is 5.92 Å². The summed E-state index contributed by atoms with van der Waals surface area (Å²) in [7, 11) is 0. The Morgan fingerprint density at radius 1 is 1.00 bits per heavy atom. The van der Waals surface area contributed by atoms with E-state index in [4.69, 9.17) is 0 Å². The normalized spacial score (nSPS) is 19.7. The monoisotopic (exact) mass is 388 g/mol. The van der Waals surface area contributed by atoms with Crippen molar-refractivity contribution in [1.82, 2.24) is 4.90 Å². The summed E-state index contributed by atoms with van der Waals surface area (Å²) in [6, 6.07) is 12.5. The van der Waals surface area contributed by atoms with E-state index in [0.29, 0.717) is 18.8 Å². The number of amides is 2. The molecular weight excluding hydrogens is 369 g/mol. The highest BCUT2D eigenvalue weighted by Gasteiger charge is 2.38. The predicted molar refractivity (Wildman–Crippen MR) is 97.5 cm³/mol. The number of alkyl halides is 3. The van der Waals surface area contributed by atoms with Crippen LogP contribution in [0.25, 0.3) is 0 Å². The maximum Gasteiger partial charge on any atom is 0.416 e. The number of rotatable bonds is 2. The number of fused-ring (bicyclic) bond motifs is 1. The Balaban J connectivity index is 1.45. The van der Waals surface area contributed by atoms with Gasteiger partial charge in [0.2, 0.25) is 11.8 Å². The third-order valence-corrected chi connectivity index (χ3v) is 5.42. The minimum absolute atomic E-state index is 0.0720. The van der Waals surface area contributed by atoms with Gasteiger partial charge in [-0.15, -0.1) is 0 Å². The van der Waals surface area contributed by atoms with Crippen molar-refractivity contribution in [1.29, 1.82) is 0 Å². The molecule has 0 aromatic heterocycles. The van der Waals surface area contributed by atoms with Crippen LogP contribution < -0.4 is 4.90 Å². The Hall–Kier alpha value is -2.83. The number of nitrogens with zero attached hydrogens (tertiary/aromatic N) is 2. The number of halogens is 3. The van der Waals surface area contributed by atoms with Crippen LogP contribution in [0.15, 0.2) is 48.5 Å². The molecule has 2 aromatic rings. The van der Waals surface area contributed by atoms with E-state index in [1.54, 1.807) is 4.90 Å². The van der Waals surface area contributed by atoms with E-state index in [9.17, 15) is 22.8 Å². The van der Waals surface area contributed by atoms with Crippen molar-refractivity contribution >= 4 is 17.5 Å². The van der Waals surface area contributed by atoms with Gasteiger partial charge in [0.1, 0.15) is 0 Å². The highest BCUT2D eigenvalue weighted by molar-refractivity contribution is 6.00. The van der Waals surface area contributed by atoms with Gasteiger partial charge in [0.25, 0.3) is 0 Å². The Kier molecular flexibility index (Phi) is 4.61. The summed E-state index contributed by atoms with van der Waals surface area (Å²) in [5.74, 6) is -0.784. The summed E-state index contributed by atoms with van der Waals surface area (Å²) in [5.41, 5.74) is 1.98. The van der Waals surface area contributed by atoms with Crippen molar-refractivity contribution in [3.05, 3.63) is 65.2 Å². The summed E-state index contributed by atoms with van der Waals surface area (Å²) < 4.78 is 38.2. The molecule has 146 valence electrons. The average Bonchev–Trinajstić information content (AvgIpc) is 3.08. The van der Waals surface area contributed by atoms with Crippen molar-refractivity contribution < 1.29 is 22.8 Å². The second-order valence-corrected chi connectivity index (χ2v) is 7.23. The van der Waals surface area contributed by atoms with Crippen LogP contribution >= 0.6 is 0 Å².